The van der Waals surface area contributed by atoms with Crippen LogP contribution >= 0.6 is 0 Å². The third kappa shape index (κ3) is 3.93. The number of carbonyl (C=O) groups excluding carboxylic acids is 1. The van der Waals surface area contributed by atoms with Crippen molar-refractivity contribution in [3.05, 3.63) is 11.4 Å². The van der Waals surface area contributed by atoms with Gasteiger partial charge >= 0.3 is 0 Å². The van der Waals surface area contributed by atoms with Gasteiger partial charge in [-0.25, -0.2) is 4.68 Å². The number of carbonyl (C=O) groups is 1. The fraction of sp³-hybridized carbons (Fsp3) is 0.688. The van der Waals surface area contributed by atoms with Gasteiger partial charge in [0.1, 0.15) is 5.84 Å². The number of amides is 1. The number of fused-ring (bicyclic) bond motifs is 1. The number of aliphatic imine (C=N–C) groups is 1. The summed E-state index contributed by atoms with van der Waals surface area (Å²) in [4.78, 5) is 15.8. The Morgan fingerprint density at radius 2 is 1.95 bits per heavy atom. The minimum absolute atomic E-state index is 0.0572. The van der Waals surface area contributed by atoms with Crippen molar-refractivity contribution in [2.24, 2.45) is 4.99 Å². The molecule has 0 spiro atoms. The Bertz CT molecular complexity index is 531. The van der Waals surface area contributed by atoms with Crippen LogP contribution in [0.4, 0.5) is 5.69 Å². The lowest BCUT2D eigenvalue weighted by Crippen LogP contribution is -2.11. The van der Waals surface area contributed by atoms with Gasteiger partial charge in [0.15, 0.2) is 0 Å². The van der Waals surface area contributed by atoms with Crippen LogP contribution in [0.3, 0.4) is 0 Å². The molecule has 0 saturated carbocycles. The standard InChI is InChI=1S/C16H26N4O/c1-4-5-6-7-8-9-10-15-17-11-14-16(18-13(3)21)12(2)19-20(14)15/h4-11H2,1-3H3,(H,18,21). The summed E-state index contributed by atoms with van der Waals surface area (Å²) >= 11 is 0. The summed E-state index contributed by atoms with van der Waals surface area (Å²) in [5, 5.41) is 7.39. The van der Waals surface area contributed by atoms with Gasteiger partial charge in [0.05, 0.1) is 23.6 Å². The van der Waals surface area contributed by atoms with Crippen molar-refractivity contribution in [3.63, 3.8) is 0 Å². The maximum atomic E-state index is 11.3. The van der Waals surface area contributed by atoms with E-state index in [9.17, 15) is 4.79 Å². The average Bonchev–Trinajstić information content (AvgIpc) is 2.95. The fourth-order valence-electron chi connectivity index (χ4n) is 2.75. The Morgan fingerprint density at radius 1 is 1.24 bits per heavy atom. The van der Waals surface area contributed by atoms with Gasteiger partial charge < -0.3 is 5.32 Å². The molecule has 1 aromatic heterocycles. The quantitative estimate of drug-likeness (QED) is 0.743. The van der Waals surface area contributed by atoms with Crippen LogP contribution < -0.4 is 5.32 Å². The monoisotopic (exact) mass is 290 g/mol. The molecule has 0 bridgehead atoms. The largest absolute Gasteiger partial charge is 0.323 e. The molecule has 0 atom stereocenters. The second kappa shape index (κ2) is 7.38. The van der Waals surface area contributed by atoms with Crippen molar-refractivity contribution in [3.8, 4) is 0 Å². The first-order chi connectivity index (χ1) is 10.1. The summed E-state index contributed by atoms with van der Waals surface area (Å²) in [5.41, 5.74) is 2.73. The van der Waals surface area contributed by atoms with E-state index in [4.69, 9.17) is 0 Å². The summed E-state index contributed by atoms with van der Waals surface area (Å²) in [6.45, 7) is 6.32. The first-order valence-electron chi connectivity index (χ1n) is 8.03. The van der Waals surface area contributed by atoms with Gasteiger partial charge in [-0.05, 0) is 13.3 Å². The second-order valence-electron chi connectivity index (χ2n) is 5.75. The number of anilines is 1. The molecule has 1 N–H and O–H groups in total. The predicted molar refractivity (Wildman–Crippen MR) is 85.8 cm³/mol. The van der Waals surface area contributed by atoms with Crippen LogP contribution in [0.2, 0.25) is 0 Å². The molecule has 1 aliphatic heterocycles. The lowest BCUT2D eigenvalue weighted by Gasteiger charge is -2.03. The van der Waals surface area contributed by atoms with Crippen LogP contribution in [0.1, 0.15) is 70.2 Å². The number of aryl methyl sites for hydroxylation is 1. The molecule has 2 heterocycles. The zero-order valence-electron chi connectivity index (χ0n) is 13.4. The van der Waals surface area contributed by atoms with Crippen molar-refractivity contribution in [2.75, 3.05) is 5.32 Å². The summed E-state index contributed by atoms with van der Waals surface area (Å²) in [6.07, 6.45) is 8.66. The van der Waals surface area contributed by atoms with Gasteiger partial charge in [0, 0.05) is 13.3 Å². The van der Waals surface area contributed by atoms with E-state index in [1.54, 1.807) is 0 Å². The minimum atomic E-state index is -0.0572. The highest BCUT2D eigenvalue weighted by molar-refractivity contribution is 5.93. The van der Waals surface area contributed by atoms with Crippen molar-refractivity contribution in [2.45, 2.75) is 72.3 Å². The SMILES string of the molecule is CCCCCCCCC1=NCc2c(NC(C)=O)c(C)nn21. The Balaban J connectivity index is 1.88. The van der Waals surface area contributed by atoms with E-state index in [0.717, 1.165) is 35.8 Å². The molecular formula is C16H26N4O. The number of rotatable bonds is 8. The van der Waals surface area contributed by atoms with Crippen molar-refractivity contribution >= 4 is 17.4 Å². The smallest absolute Gasteiger partial charge is 0.221 e. The van der Waals surface area contributed by atoms with Gasteiger partial charge in [-0.15, -0.1) is 0 Å². The average molecular weight is 290 g/mol. The Labute approximate surface area is 126 Å². The minimum Gasteiger partial charge on any atom is -0.323 e. The number of aromatic nitrogens is 2. The van der Waals surface area contributed by atoms with Crippen LogP contribution in [-0.4, -0.2) is 21.5 Å². The van der Waals surface area contributed by atoms with Crippen LogP contribution in [0.25, 0.3) is 0 Å². The van der Waals surface area contributed by atoms with E-state index in [1.807, 2.05) is 11.6 Å². The first-order valence-corrected chi connectivity index (χ1v) is 8.03. The maximum absolute atomic E-state index is 11.3. The normalized spacial score (nSPS) is 13.2. The number of nitrogens with zero attached hydrogens (tertiary/aromatic N) is 3. The van der Waals surface area contributed by atoms with Crippen molar-refractivity contribution < 1.29 is 4.79 Å². The van der Waals surface area contributed by atoms with E-state index < -0.39 is 0 Å². The predicted octanol–water partition coefficient (Wildman–Crippen LogP) is 3.66. The van der Waals surface area contributed by atoms with Crippen LogP contribution in [0.5, 0.6) is 0 Å². The van der Waals surface area contributed by atoms with Crippen molar-refractivity contribution in [1.82, 2.24) is 9.78 Å². The maximum Gasteiger partial charge on any atom is 0.221 e. The van der Waals surface area contributed by atoms with E-state index >= 15 is 0 Å². The second-order valence-corrected chi connectivity index (χ2v) is 5.75. The van der Waals surface area contributed by atoms with Gasteiger partial charge in [-0.1, -0.05) is 39.0 Å². The van der Waals surface area contributed by atoms with E-state index in [0.29, 0.717) is 6.54 Å². The molecule has 116 valence electrons. The zero-order valence-corrected chi connectivity index (χ0v) is 13.4. The molecule has 0 fully saturated rings. The molecular weight excluding hydrogens is 264 g/mol. The lowest BCUT2D eigenvalue weighted by molar-refractivity contribution is -0.114. The zero-order chi connectivity index (χ0) is 15.2. The summed E-state index contributed by atoms with van der Waals surface area (Å²) in [7, 11) is 0. The fourth-order valence-corrected chi connectivity index (χ4v) is 2.75. The number of hydrogen-bond acceptors (Lipinski definition) is 3. The van der Waals surface area contributed by atoms with E-state index in [-0.39, 0.29) is 5.91 Å². The Hall–Kier alpha value is -1.65. The molecule has 0 aromatic carbocycles. The molecule has 1 aromatic rings. The van der Waals surface area contributed by atoms with Crippen LogP contribution in [0, 0.1) is 6.92 Å². The van der Waals surface area contributed by atoms with Gasteiger partial charge in [-0.2, -0.15) is 5.10 Å². The molecule has 0 aliphatic carbocycles. The molecule has 5 nitrogen and oxygen atoms in total. The number of nitrogens with one attached hydrogen (secondary N) is 1. The van der Waals surface area contributed by atoms with E-state index in [2.05, 4.69) is 22.3 Å². The molecule has 0 saturated heterocycles. The summed E-state index contributed by atoms with van der Waals surface area (Å²) in [5.74, 6) is 0.985. The molecule has 0 radical (unpaired) electrons. The molecule has 5 heteroatoms. The molecule has 1 amide bonds. The lowest BCUT2D eigenvalue weighted by atomic mass is 10.1. The topological polar surface area (TPSA) is 59.3 Å². The van der Waals surface area contributed by atoms with Crippen LogP contribution in [-0.2, 0) is 11.3 Å². The Morgan fingerprint density at radius 3 is 2.67 bits per heavy atom. The third-order valence-electron chi connectivity index (χ3n) is 3.87. The van der Waals surface area contributed by atoms with Gasteiger partial charge in [0.25, 0.3) is 0 Å². The highest BCUT2D eigenvalue weighted by Crippen LogP contribution is 2.26. The molecule has 21 heavy (non-hydrogen) atoms. The molecule has 2 rings (SSSR count). The molecule has 0 unspecified atom stereocenters. The third-order valence-corrected chi connectivity index (χ3v) is 3.87. The highest BCUT2D eigenvalue weighted by Gasteiger charge is 2.23. The van der Waals surface area contributed by atoms with Crippen LogP contribution in [0.15, 0.2) is 4.99 Å². The Kier molecular flexibility index (Phi) is 5.53. The summed E-state index contributed by atoms with van der Waals surface area (Å²) < 4.78 is 1.92. The highest BCUT2D eigenvalue weighted by atomic mass is 16.1. The van der Waals surface area contributed by atoms with Crippen molar-refractivity contribution in [1.29, 1.82) is 0 Å². The van der Waals surface area contributed by atoms with Gasteiger partial charge in [-0.3, -0.25) is 9.79 Å². The van der Waals surface area contributed by atoms with Gasteiger partial charge in [0.2, 0.25) is 5.91 Å². The first kappa shape index (κ1) is 15.7. The molecule has 1 aliphatic rings. The number of hydrogen-bond donors (Lipinski definition) is 1. The summed E-state index contributed by atoms with van der Waals surface area (Å²) in [6, 6.07) is 0. The number of unbranched alkanes of at least 4 members (excludes halogenated alkanes) is 5. The van der Waals surface area contributed by atoms with E-state index in [1.165, 1.54) is 39.0 Å².